The number of carbonyl (C=O) groups is 1. The van der Waals surface area contributed by atoms with Crippen LogP contribution >= 0.6 is 0 Å². The van der Waals surface area contributed by atoms with Gasteiger partial charge >= 0.3 is 6.18 Å². The molecule has 1 amide bonds. The molecule has 2 aromatic heterocycles. The summed E-state index contributed by atoms with van der Waals surface area (Å²) in [6.45, 7) is 3.29. The Balaban J connectivity index is 1.96. The van der Waals surface area contributed by atoms with E-state index in [1.165, 1.54) is 16.9 Å². The lowest BCUT2D eigenvalue weighted by Gasteiger charge is -2.15. The number of aryl methyl sites for hydroxylation is 1. The van der Waals surface area contributed by atoms with Crippen molar-refractivity contribution in [1.29, 1.82) is 0 Å². The summed E-state index contributed by atoms with van der Waals surface area (Å²) in [5.41, 5.74) is -0.920. The maximum atomic E-state index is 14.2. The van der Waals surface area contributed by atoms with Crippen LogP contribution < -0.4 is 16.0 Å². The Hall–Kier alpha value is -3.96. The molecule has 1 aromatic carbocycles. The van der Waals surface area contributed by atoms with Crippen LogP contribution in [0.15, 0.2) is 49.4 Å². The molecule has 0 unspecified atom stereocenters. The fourth-order valence-electron chi connectivity index (χ4n) is 2.38. The summed E-state index contributed by atoms with van der Waals surface area (Å²) >= 11 is 0. The lowest BCUT2D eigenvalue weighted by Crippen LogP contribution is -2.13. The number of hydrogen-bond acceptors (Lipinski definition) is 6. The number of halogens is 4. The minimum atomic E-state index is -4.79. The third-order valence-corrected chi connectivity index (χ3v) is 3.73. The summed E-state index contributed by atoms with van der Waals surface area (Å²) in [6, 6.07) is 3.37. The molecule has 0 aliphatic carbocycles. The van der Waals surface area contributed by atoms with Crippen molar-refractivity contribution in [2.75, 3.05) is 16.0 Å². The molecule has 0 spiro atoms. The number of anilines is 5. The van der Waals surface area contributed by atoms with E-state index in [-0.39, 0.29) is 17.3 Å². The molecule has 0 atom stereocenters. The van der Waals surface area contributed by atoms with Gasteiger partial charge in [-0.15, -0.1) is 0 Å². The molecule has 3 N–H and O–H groups in total. The van der Waals surface area contributed by atoms with E-state index in [1.807, 2.05) is 0 Å². The van der Waals surface area contributed by atoms with Crippen LogP contribution in [-0.2, 0) is 18.0 Å². The van der Waals surface area contributed by atoms with Crippen LogP contribution in [0.1, 0.15) is 5.56 Å². The summed E-state index contributed by atoms with van der Waals surface area (Å²) in [5.74, 6) is -2.24. The monoisotopic (exact) mass is 421 g/mol. The third-order valence-electron chi connectivity index (χ3n) is 3.73. The highest BCUT2D eigenvalue weighted by Gasteiger charge is 2.35. The SMILES string of the molecule is C=CC(=O)Nc1ccc(F)c(Nc2nc(Nc3cnn(C)c3)ncc2C(F)(F)F)c1. The van der Waals surface area contributed by atoms with Crippen LogP contribution in [0.4, 0.5) is 46.4 Å². The summed E-state index contributed by atoms with van der Waals surface area (Å²) in [6.07, 6.45) is -0.215. The van der Waals surface area contributed by atoms with E-state index < -0.39 is 29.3 Å². The number of nitrogens with one attached hydrogen (secondary N) is 3. The van der Waals surface area contributed by atoms with Gasteiger partial charge in [0.05, 0.1) is 17.6 Å². The van der Waals surface area contributed by atoms with Gasteiger partial charge in [0.2, 0.25) is 11.9 Å². The quantitative estimate of drug-likeness (QED) is 0.412. The van der Waals surface area contributed by atoms with Crippen molar-refractivity contribution >= 4 is 34.7 Å². The standard InChI is InChI=1S/C18H15F4N7O/c1-3-15(30)25-10-4-5-13(19)14(6-10)27-16-12(18(20,21)22)8-23-17(28-16)26-11-7-24-29(2)9-11/h3-9H,1H2,2H3,(H,25,30)(H2,23,26,27,28). The second-order valence-electron chi connectivity index (χ2n) is 5.99. The average Bonchev–Trinajstić information content (AvgIpc) is 3.08. The van der Waals surface area contributed by atoms with Gasteiger partial charge in [-0.2, -0.15) is 23.3 Å². The highest BCUT2D eigenvalue weighted by Crippen LogP contribution is 2.36. The molecule has 0 bridgehead atoms. The fraction of sp³-hybridized carbons (Fsp3) is 0.111. The van der Waals surface area contributed by atoms with Gasteiger partial charge < -0.3 is 16.0 Å². The zero-order valence-corrected chi connectivity index (χ0v) is 15.5. The summed E-state index contributed by atoms with van der Waals surface area (Å²) in [4.78, 5) is 18.9. The van der Waals surface area contributed by atoms with E-state index in [1.54, 1.807) is 13.2 Å². The molecule has 2 heterocycles. The third kappa shape index (κ3) is 4.90. The van der Waals surface area contributed by atoms with Crippen LogP contribution in [-0.4, -0.2) is 25.7 Å². The van der Waals surface area contributed by atoms with Gasteiger partial charge in [0.15, 0.2) is 0 Å². The van der Waals surface area contributed by atoms with Gasteiger partial charge in [-0.25, -0.2) is 9.37 Å². The predicted molar refractivity (Wildman–Crippen MR) is 102 cm³/mol. The number of rotatable bonds is 6. The van der Waals surface area contributed by atoms with Crippen molar-refractivity contribution in [1.82, 2.24) is 19.7 Å². The first-order valence-corrected chi connectivity index (χ1v) is 8.35. The minimum absolute atomic E-state index is 0.153. The lowest BCUT2D eigenvalue weighted by atomic mass is 10.2. The first kappa shape index (κ1) is 20.8. The van der Waals surface area contributed by atoms with Gasteiger partial charge in [-0.1, -0.05) is 6.58 Å². The molecule has 8 nitrogen and oxygen atoms in total. The number of amides is 1. The summed E-state index contributed by atoms with van der Waals surface area (Å²) < 4.78 is 55.9. The van der Waals surface area contributed by atoms with E-state index in [0.29, 0.717) is 11.9 Å². The maximum Gasteiger partial charge on any atom is 0.421 e. The average molecular weight is 421 g/mol. The van der Waals surface area contributed by atoms with Gasteiger partial charge in [0, 0.05) is 25.1 Å². The molecule has 12 heteroatoms. The molecular weight excluding hydrogens is 406 g/mol. The Morgan fingerprint density at radius 3 is 2.60 bits per heavy atom. The zero-order chi connectivity index (χ0) is 21.9. The summed E-state index contributed by atoms with van der Waals surface area (Å²) in [7, 11) is 1.66. The smallest absolute Gasteiger partial charge is 0.337 e. The minimum Gasteiger partial charge on any atom is -0.337 e. The molecule has 0 saturated carbocycles. The molecular formula is C18H15F4N7O. The topological polar surface area (TPSA) is 96.8 Å². The Morgan fingerprint density at radius 1 is 1.20 bits per heavy atom. The van der Waals surface area contributed by atoms with Crippen LogP contribution in [0, 0.1) is 5.82 Å². The first-order valence-electron chi connectivity index (χ1n) is 8.35. The van der Waals surface area contributed by atoms with Gasteiger partial charge in [0.25, 0.3) is 0 Å². The molecule has 3 aromatic rings. The van der Waals surface area contributed by atoms with Crippen LogP contribution in [0.25, 0.3) is 0 Å². The van der Waals surface area contributed by atoms with Crippen molar-refractivity contribution in [2.45, 2.75) is 6.18 Å². The van der Waals surface area contributed by atoms with E-state index in [2.05, 4.69) is 37.6 Å². The van der Waals surface area contributed by atoms with E-state index in [9.17, 15) is 22.4 Å². The van der Waals surface area contributed by atoms with Crippen molar-refractivity contribution in [2.24, 2.45) is 7.05 Å². The van der Waals surface area contributed by atoms with Crippen molar-refractivity contribution in [3.05, 3.63) is 60.8 Å². The second kappa shape index (κ2) is 8.19. The number of nitrogens with zero attached hydrogens (tertiary/aromatic N) is 4. The lowest BCUT2D eigenvalue weighted by molar-refractivity contribution is -0.137. The fourth-order valence-corrected chi connectivity index (χ4v) is 2.38. The van der Waals surface area contributed by atoms with Crippen molar-refractivity contribution in [3.8, 4) is 0 Å². The molecule has 0 saturated heterocycles. The van der Waals surface area contributed by atoms with Gasteiger partial charge in [0.1, 0.15) is 17.2 Å². The van der Waals surface area contributed by atoms with Gasteiger partial charge in [-0.05, 0) is 24.3 Å². The van der Waals surface area contributed by atoms with Crippen LogP contribution in [0.5, 0.6) is 0 Å². The highest BCUT2D eigenvalue weighted by molar-refractivity contribution is 5.99. The Kier molecular flexibility index (Phi) is 5.67. The Labute approximate surface area is 167 Å². The normalized spacial score (nSPS) is 11.1. The Bertz CT molecular complexity index is 1090. The van der Waals surface area contributed by atoms with E-state index in [4.69, 9.17) is 0 Å². The van der Waals surface area contributed by atoms with Crippen molar-refractivity contribution < 1.29 is 22.4 Å². The number of benzene rings is 1. The van der Waals surface area contributed by atoms with Crippen molar-refractivity contribution in [3.63, 3.8) is 0 Å². The van der Waals surface area contributed by atoms with Gasteiger partial charge in [-0.3, -0.25) is 9.48 Å². The molecule has 156 valence electrons. The second-order valence-corrected chi connectivity index (χ2v) is 5.99. The number of hydrogen-bond donors (Lipinski definition) is 3. The van der Waals surface area contributed by atoms with Crippen LogP contribution in [0.2, 0.25) is 0 Å². The molecule has 0 aliphatic heterocycles. The number of aromatic nitrogens is 4. The number of carbonyl (C=O) groups excluding carboxylic acids is 1. The molecule has 3 rings (SSSR count). The molecule has 0 aliphatic rings. The van der Waals surface area contributed by atoms with E-state index in [0.717, 1.165) is 18.2 Å². The number of alkyl halides is 3. The van der Waals surface area contributed by atoms with E-state index >= 15 is 0 Å². The first-order chi connectivity index (χ1) is 14.2. The van der Waals surface area contributed by atoms with Crippen LogP contribution in [0.3, 0.4) is 0 Å². The predicted octanol–water partition coefficient (Wildman–Crippen LogP) is 3.98. The molecule has 0 radical (unpaired) electrons. The largest absolute Gasteiger partial charge is 0.421 e. The molecule has 30 heavy (non-hydrogen) atoms. The Morgan fingerprint density at radius 2 is 1.97 bits per heavy atom. The highest BCUT2D eigenvalue weighted by atomic mass is 19.4. The zero-order valence-electron chi connectivity index (χ0n) is 15.5. The maximum absolute atomic E-state index is 14.2. The molecule has 0 fully saturated rings. The summed E-state index contributed by atoms with van der Waals surface area (Å²) in [5, 5.41) is 11.4.